The molecule has 1 aromatic heterocycles. The summed E-state index contributed by atoms with van der Waals surface area (Å²) in [6, 6.07) is 15.2. The van der Waals surface area contributed by atoms with E-state index in [9.17, 15) is 9.59 Å². The number of halogens is 2. The van der Waals surface area contributed by atoms with Gasteiger partial charge in [-0.05, 0) is 29.7 Å². The maximum absolute atomic E-state index is 12.8. The van der Waals surface area contributed by atoms with Gasteiger partial charge in [0.2, 0.25) is 5.91 Å². The summed E-state index contributed by atoms with van der Waals surface area (Å²) in [5.41, 5.74) is 4.01. The fourth-order valence-electron chi connectivity index (χ4n) is 3.68. The van der Waals surface area contributed by atoms with Crippen molar-refractivity contribution < 1.29 is 9.59 Å². The van der Waals surface area contributed by atoms with E-state index < -0.39 is 0 Å². The molecule has 0 radical (unpaired) electrons. The SMILES string of the molecule is O=C(NCCc1ccccc1)c1n[nH]c2c1CN(C(=O)Cc1ccc(Cl)c(Cl)c1)CC2. The molecule has 2 N–H and O–H groups in total. The predicted molar refractivity (Wildman–Crippen MR) is 120 cm³/mol. The van der Waals surface area contributed by atoms with Crippen LogP contribution in [0.1, 0.15) is 32.9 Å². The quantitative estimate of drug-likeness (QED) is 0.591. The van der Waals surface area contributed by atoms with Crippen LogP contribution in [0.4, 0.5) is 0 Å². The van der Waals surface area contributed by atoms with E-state index in [4.69, 9.17) is 23.2 Å². The summed E-state index contributed by atoms with van der Waals surface area (Å²) in [6.07, 6.45) is 1.60. The molecule has 8 heteroatoms. The summed E-state index contributed by atoms with van der Waals surface area (Å²) in [6.45, 7) is 1.45. The van der Waals surface area contributed by atoms with Crippen molar-refractivity contribution in [2.24, 2.45) is 0 Å². The fourth-order valence-corrected chi connectivity index (χ4v) is 4.00. The fraction of sp³-hybridized carbons (Fsp3) is 0.261. The Balaban J connectivity index is 1.38. The molecule has 0 fully saturated rings. The number of H-pyrrole nitrogens is 1. The Bertz CT molecular complexity index is 1100. The van der Waals surface area contributed by atoms with Crippen LogP contribution in [0, 0.1) is 0 Å². The molecular weight excluding hydrogens is 435 g/mol. The third-order valence-electron chi connectivity index (χ3n) is 5.38. The van der Waals surface area contributed by atoms with Crippen LogP contribution in [0.3, 0.4) is 0 Å². The Morgan fingerprint density at radius 2 is 1.87 bits per heavy atom. The Morgan fingerprint density at radius 3 is 2.65 bits per heavy atom. The van der Waals surface area contributed by atoms with E-state index in [0.717, 1.165) is 28.8 Å². The van der Waals surface area contributed by atoms with Crippen LogP contribution in [0.5, 0.6) is 0 Å². The molecule has 4 rings (SSSR count). The smallest absolute Gasteiger partial charge is 0.272 e. The van der Waals surface area contributed by atoms with Gasteiger partial charge in [-0.2, -0.15) is 5.10 Å². The molecule has 1 aliphatic heterocycles. The molecule has 160 valence electrons. The molecule has 0 bridgehead atoms. The van der Waals surface area contributed by atoms with Gasteiger partial charge in [-0.15, -0.1) is 0 Å². The predicted octanol–water partition coefficient (Wildman–Crippen LogP) is 3.82. The number of aromatic amines is 1. The Hall–Kier alpha value is -2.83. The Kier molecular flexibility index (Phi) is 6.59. The van der Waals surface area contributed by atoms with Crippen molar-refractivity contribution in [2.75, 3.05) is 13.1 Å². The average Bonchev–Trinajstić information content (AvgIpc) is 3.20. The largest absolute Gasteiger partial charge is 0.350 e. The van der Waals surface area contributed by atoms with Gasteiger partial charge < -0.3 is 10.2 Å². The highest BCUT2D eigenvalue weighted by Gasteiger charge is 2.27. The monoisotopic (exact) mass is 456 g/mol. The number of amides is 2. The van der Waals surface area contributed by atoms with Gasteiger partial charge in [-0.3, -0.25) is 14.7 Å². The minimum atomic E-state index is -0.229. The second kappa shape index (κ2) is 9.54. The lowest BCUT2D eigenvalue weighted by molar-refractivity contribution is -0.131. The minimum Gasteiger partial charge on any atom is -0.350 e. The summed E-state index contributed by atoms with van der Waals surface area (Å²) in [7, 11) is 0. The number of aromatic nitrogens is 2. The van der Waals surface area contributed by atoms with Gasteiger partial charge in [0.05, 0.1) is 16.5 Å². The van der Waals surface area contributed by atoms with Crippen LogP contribution < -0.4 is 5.32 Å². The lowest BCUT2D eigenvalue weighted by Gasteiger charge is -2.27. The molecule has 3 aromatic rings. The zero-order valence-electron chi connectivity index (χ0n) is 16.8. The number of rotatable bonds is 6. The van der Waals surface area contributed by atoms with Gasteiger partial charge in [0.1, 0.15) is 0 Å². The normalized spacial score (nSPS) is 13.0. The van der Waals surface area contributed by atoms with Crippen LogP contribution in [0.2, 0.25) is 10.0 Å². The maximum atomic E-state index is 12.8. The van der Waals surface area contributed by atoms with E-state index in [2.05, 4.69) is 15.5 Å². The number of nitrogens with zero attached hydrogens (tertiary/aromatic N) is 2. The van der Waals surface area contributed by atoms with Crippen molar-refractivity contribution in [2.45, 2.75) is 25.8 Å². The summed E-state index contributed by atoms with van der Waals surface area (Å²) in [5.74, 6) is -0.257. The van der Waals surface area contributed by atoms with Crippen LogP contribution in [-0.2, 0) is 30.6 Å². The first-order valence-corrected chi connectivity index (χ1v) is 10.9. The highest BCUT2D eigenvalue weighted by Crippen LogP contribution is 2.24. The molecule has 0 unspecified atom stereocenters. The molecule has 0 saturated heterocycles. The minimum absolute atomic E-state index is 0.0272. The lowest BCUT2D eigenvalue weighted by Crippen LogP contribution is -2.37. The van der Waals surface area contributed by atoms with Gasteiger partial charge in [-0.25, -0.2) is 0 Å². The molecule has 0 aliphatic carbocycles. The van der Waals surface area contributed by atoms with Crippen molar-refractivity contribution in [3.63, 3.8) is 0 Å². The van der Waals surface area contributed by atoms with Crippen molar-refractivity contribution in [3.05, 3.63) is 86.7 Å². The van der Waals surface area contributed by atoms with Crippen molar-refractivity contribution in [3.8, 4) is 0 Å². The number of hydrogen-bond acceptors (Lipinski definition) is 3. The third kappa shape index (κ3) is 5.09. The second-order valence-electron chi connectivity index (χ2n) is 7.51. The van der Waals surface area contributed by atoms with Crippen LogP contribution in [0.15, 0.2) is 48.5 Å². The van der Waals surface area contributed by atoms with Gasteiger partial charge in [0.25, 0.3) is 5.91 Å². The molecule has 0 atom stereocenters. The first-order valence-electron chi connectivity index (χ1n) is 10.1. The number of nitrogens with one attached hydrogen (secondary N) is 2. The van der Waals surface area contributed by atoms with Crippen molar-refractivity contribution >= 4 is 35.0 Å². The lowest BCUT2D eigenvalue weighted by atomic mass is 10.0. The zero-order chi connectivity index (χ0) is 21.8. The van der Waals surface area contributed by atoms with E-state index in [-0.39, 0.29) is 18.2 Å². The Morgan fingerprint density at radius 1 is 1.06 bits per heavy atom. The molecule has 0 saturated carbocycles. The van der Waals surface area contributed by atoms with Gasteiger partial charge >= 0.3 is 0 Å². The van der Waals surface area contributed by atoms with Crippen LogP contribution in [-0.4, -0.2) is 40.0 Å². The van der Waals surface area contributed by atoms with Gasteiger partial charge in [0, 0.05) is 37.3 Å². The molecule has 2 aromatic carbocycles. The van der Waals surface area contributed by atoms with Gasteiger partial charge in [0.15, 0.2) is 5.69 Å². The highest BCUT2D eigenvalue weighted by atomic mass is 35.5. The summed E-state index contributed by atoms with van der Waals surface area (Å²) >= 11 is 12.0. The van der Waals surface area contributed by atoms with E-state index >= 15 is 0 Å². The average molecular weight is 457 g/mol. The summed E-state index contributed by atoms with van der Waals surface area (Å²) < 4.78 is 0. The second-order valence-corrected chi connectivity index (χ2v) is 8.33. The maximum Gasteiger partial charge on any atom is 0.272 e. The van der Waals surface area contributed by atoms with E-state index in [1.807, 2.05) is 30.3 Å². The number of carbonyl (C=O) groups is 2. The molecule has 2 heterocycles. The molecular formula is C23H22Cl2N4O2. The van der Waals surface area contributed by atoms with E-state index in [1.54, 1.807) is 23.1 Å². The summed E-state index contributed by atoms with van der Waals surface area (Å²) in [5, 5.41) is 11.0. The standard InChI is InChI=1S/C23H22Cl2N4O2/c24-18-7-6-16(12-19(18)25)13-21(30)29-11-9-20-17(14-29)22(28-27-20)23(31)26-10-8-15-4-2-1-3-5-15/h1-7,12H,8-11,13-14H2,(H,26,31)(H,27,28). The van der Waals surface area contributed by atoms with Crippen LogP contribution >= 0.6 is 23.2 Å². The zero-order valence-corrected chi connectivity index (χ0v) is 18.3. The molecule has 6 nitrogen and oxygen atoms in total. The van der Waals surface area contributed by atoms with Gasteiger partial charge in [-0.1, -0.05) is 59.6 Å². The number of fused-ring (bicyclic) bond motifs is 1. The summed E-state index contributed by atoms with van der Waals surface area (Å²) in [4.78, 5) is 27.3. The topological polar surface area (TPSA) is 78.1 Å². The number of carbonyl (C=O) groups excluding carboxylic acids is 2. The third-order valence-corrected chi connectivity index (χ3v) is 6.12. The van der Waals surface area contributed by atoms with Crippen LogP contribution in [0.25, 0.3) is 0 Å². The molecule has 1 aliphatic rings. The number of hydrogen-bond donors (Lipinski definition) is 2. The highest BCUT2D eigenvalue weighted by molar-refractivity contribution is 6.42. The first-order chi connectivity index (χ1) is 15.0. The number of benzene rings is 2. The molecule has 31 heavy (non-hydrogen) atoms. The Labute approximate surface area is 190 Å². The van der Waals surface area contributed by atoms with Crippen molar-refractivity contribution in [1.82, 2.24) is 20.4 Å². The van der Waals surface area contributed by atoms with E-state index in [0.29, 0.717) is 41.8 Å². The first kappa shape index (κ1) is 21.4. The van der Waals surface area contributed by atoms with E-state index in [1.165, 1.54) is 0 Å². The molecule has 0 spiro atoms. The van der Waals surface area contributed by atoms with Crippen molar-refractivity contribution in [1.29, 1.82) is 0 Å². The molecule has 2 amide bonds.